The summed E-state index contributed by atoms with van der Waals surface area (Å²) < 4.78 is 6.14. The summed E-state index contributed by atoms with van der Waals surface area (Å²) in [6.45, 7) is 7.59. The van der Waals surface area contributed by atoms with Crippen LogP contribution in [0.2, 0.25) is 0 Å². The van der Waals surface area contributed by atoms with Gasteiger partial charge in [-0.05, 0) is 38.5 Å². The molecular weight excluding hydrogens is 336 g/mol. The van der Waals surface area contributed by atoms with E-state index < -0.39 is 5.66 Å². The molecule has 4 heteroatoms. The van der Waals surface area contributed by atoms with Crippen LogP contribution in [-0.2, 0) is 5.66 Å². The average molecular weight is 367 g/mol. The molecule has 0 aliphatic carbocycles. The second kappa shape index (κ2) is 8.47. The normalized spacial score (nSPS) is 18.8. The molecule has 1 amide bonds. The van der Waals surface area contributed by atoms with Gasteiger partial charge < -0.3 is 15.0 Å². The molecule has 144 valence electrons. The lowest BCUT2D eigenvalue weighted by Gasteiger charge is -2.46. The zero-order valence-corrected chi connectivity index (χ0v) is 16.6. The molecule has 0 spiro atoms. The van der Waals surface area contributed by atoms with Gasteiger partial charge in [0.2, 0.25) is 0 Å². The summed E-state index contributed by atoms with van der Waals surface area (Å²) in [5.74, 6) is 0.890. The van der Waals surface area contributed by atoms with E-state index in [0.717, 1.165) is 29.0 Å². The van der Waals surface area contributed by atoms with Gasteiger partial charge in [0.05, 0.1) is 12.2 Å². The second-order valence-corrected chi connectivity index (χ2v) is 7.20. The number of para-hydroxylation sites is 2. The highest BCUT2D eigenvalue weighted by Crippen LogP contribution is 2.41. The molecule has 1 unspecified atom stereocenters. The molecular formula is C23H30N2O2. The van der Waals surface area contributed by atoms with Gasteiger partial charge in [-0.1, -0.05) is 56.5 Å². The maximum Gasteiger partial charge on any atom is 0.258 e. The Bertz CT molecular complexity index is 789. The van der Waals surface area contributed by atoms with E-state index >= 15 is 0 Å². The van der Waals surface area contributed by atoms with Crippen LogP contribution in [0.1, 0.15) is 62.4 Å². The van der Waals surface area contributed by atoms with Crippen LogP contribution in [0, 0.1) is 0 Å². The van der Waals surface area contributed by atoms with Gasteiger partial charge in [0.25, 0.3) is 5.91 Å². The van der Waals surface area contributed by atoms with Gasteiger partial charge in [0, 0.05) is 17.8 Å². The Hall–Kier alpha value is -2.49. The molecule has 4 nitrogen and oxygen atoms in total. The number of fused-ring (bicyclic) bond motifs is 1. The number of hydrogen-bond acceptors (Lipinski definition) is 3. The minimum Gasteiger partial charge on any atom is -0.493 e. The molecule has 1 N–H and O–H groups in total. The first-order valence-electron chi connectivity index (χ1n) is 10.0. The Morgan fingerprint density at radius 2 is 1.74 bits per heavy atom. The fourth-order valence-corrected chi connectivity index (χ4v) is 3.84. The van der Waals surface area contributed by atoms with Crippen molar-refractivity contribution in [1.82, 2.24) is 4.90 Å². The summed E-state index contributed by atoms with van der Waals surface area (Å²) in [4.78, 5) is 15.0. The third-order valence-corrected chi connectivity index (χ3v) is 5.30. The van der Waals surface area contributed by atoms with Gasteiger partial charge in [-0.25, -0.2) is 0 Å². The minimum absolute atomic E-state index is 0.0482. The number of hydrogen-bond donors (Lipinski definition) is 1. The molecule has 0 bridgehead atoms. The van der Waals surface area contributed by atoms with Crippen LogP contribution >= 0.6 is 0 Å². The molecule has 27 heavy (non-hydrogen) atoms. The lowest BCUT2D eigenvalue weighted by atomic mass is 9.93. The molecule has 1 aliphatic heterocycles. The van der Waals surface area contributed by atoms with Crippen molar-refractivity contribution in [3.8, 4) is 5.75 Å². The number of rotatable bonds is 8. The lowest BCUT2D eigenvalue weighted by Crippen LogP contribution is -2.55. The van der Waals surface area contributed by atoms with Gasteiger partial charge in [0.1, 0.15) is 11.4 Å². The van der Waals surface area contributed by atoms with E-state index in [1.807, 2.05) is 54.3 Å². The lowest BCUT2D eigenvalue weighted by molar-refractivity contribution is 0.0547. The highest BCUT2D eigenvalue weighted by Gasteiger charge is 2.43. The van der Waals surface area contributed by atoms with Crippen LogP contribution in [0.15, 0.2) is 48.5 Å². The third kappa shape index (κ3) is 3.80. The van der Waals surface area contributed by atoms with Gasteiger partial charge in [-0.2, -0.15) is 0 Å². The molecule has 2 aromatic carbocycles. The van der Waals surface area contributed by atoms with Crippen molar-refractivity contribution in [2.75, 3.05) is 18.5 Å². The second-order valence-electron chi connectivity index (χ2n) is 7.20. The number of unbranched alkanes of at least 4 members (excludes halogenated alkanes) is 3. The number of anilines is 1. The molecule has 0 aromatic heterocycles. The standard InChI is InChI=1S/C23H30N2O2/c1-4-6-7-12-17-27-21-16-11-9-14-19(21)23(3)24-20-15-10-8-13-18(20)22(26)25(23)5-2/h8-11,13-16,24H,4-7,12,17H2,1-3H3. The fraction of sp³-hybridized carbons (Fsp3) is 0.435. The van der Waals surface area contributed by atoms with Crippen molar-refractivity contribution < 1.29 is 9.53 Å². The van der Waals surface area contributed by atoms with E-state index in [1.54, 1.807) is 0 Å². The van der Waals surface area contributed by atoms with Crippen LogP contribution in [0.3, 0.4) is 0 Å². The maximum atomic E-state index is 13.1. The van der Waals surface area contributed by atoms with Crippen molar-refractivity contribution in [1.29, 1.82) is 0 Å². The molecule has 3 rings (SSSR count). The smallest absolute Gasteiger partial charge is 0.258 e. The highest BCUT2D eigenvalue weighted by atomic mass is 16.5. The molecule has 0 saturated carbocycles. The number of carbonyl (C=O) groups is 1. The summed E-state index contributed by atoms with van der Waals surface area (Å²) >= 11 is 0. The van der Waals surface area contributed by atoms with Crippen LogP contribution in [0.4, 0.5) is 5.69 Å². The number of nitrogens with zero attached hydrogens (tertiary/aromatic N) is 1. The van der Waals surface area contributed by atoms with E-state index in [2.05, 4.69) is 25.2 Å². The summed E-state index contributed by atoms with van der Waals surface area (Å²) in [5.41, 5.74) is 1.92. The predicted octanol–water partition coefficient (Wildman–Crippen LogP) is 5.41. The van der Waals surface area contributed by atoms with Crippen molar-refractivity contribution in [3.63, 3.8) is 0 Å². The number of nitrogens with one attached hydrogen (secondary N) is 1. The van der Waals surface area contributed by atoms with Crippen LogP contribution < -0.4 is 10.1 Å². The van der Waals surface area contributed by atoms with E-state index in [0.29, 0.717) is 13.2 Å². The van der Waals surface area contributed by atoms with E-state index in [1.165, 1.54) is 19.3 Å². The summed E-state index contributed by atoms with van der Waals surface area (Å²) in [6, 6.07) is 15.8. The Morgan fingerprint density at radius 1 is 1.00 bits per heavy atom. The quantitative estimate of drug-likeness (QED) is 0.636. The molecule has 1 heterocycles. The zero-order chi connectivity index (χ0) is 19.3. The number of benzene rings is 2. The number of amides is 1. The predicted molar refractivity (Wildman–Crippen MR) is 110 cm³/mol. The van der Waals surface area contributed by atoms with E-state index in [9.17, 15) is 4.79 Å². The first-order chi connectivity index (χ1) is 13.1. The molecule has 0 radical (unpaired) electrons. The van der Waals surface area contributed by atoms with Crippen LogP contribution in [0.25, 0.3) is 0 Å². The Morgan fingerprint density at radius 3 is 2.52 bits per heavy atom. The largest absolute Gasteiger partial charge is 0.493 e. The zero-order valence-electron chi connectivity index (χ0n) is 16.6. The average Bonchev–Trinajstić information content (AvgIpc) is 2.68. The molecule has 2 aromatic rings. The van der Waals surface area contributed by atoms with Crippen molar-refractivity contribution in [2.24, 2.45) is 0 Å². The monoisotopic (exact) mass is 366 g/mol. The topological polar surface area (TPSA) is 41.6 Å². The number of carbonyl (C=O) groups excluding carboxylic acids is 1. The van der Waals surface area contributed by atoms with Gasteiger partial charge in [-0.3, -0.25) is 4.79 Å². The molecule has 1 atom stereocenters. The third-order valence-electron chi connectivity index (χ3n) is 5.30. The Balaban J connectivity index is 1.91. The van der Waals surface area contributed by atoms with Crippen molar-refractivity contribution >= 4 is 11.6 Å². The maximum absolute atomic E-state index is 13.1. The van der Waals surface area contributed by atoms with E-state index in [-0.39, 0.29) is 5.91 Å². The summed E-state index contributed by atoms with van der Waals surface area (Å²) in [7, 11) is 0. The van der Waals surface area contributed by atoms with Gasteiger partial charge in [0.15, 0.2) is 0 Å². The highest BCUT2D eigenvalue weighted by molar-refractivity contribution is 6.02. The van der Waals surface area contributed by atoms with Gasteiger partial charge >= 0.3 is 0 Å². The SMILES string of the molecule is CCCCCCOc1ccccc1C1(C)Nc2ccccc2C(=O)N1CC. The fourth-order valence-electron chi connectivity index (χ4n) is 3.84. The van der Waals surface area contributed by atoms with Crippen LogP contribution in [0.5, 0.6) is 5.75 Å². The minimum atomic E-state index is -0.653. The van der Waals surface area contributed by atoms with Crippen LogP contribution in [-0.4, -0.2) is 24.0 Å². The van der Waals surface area contributed by atoms with Gasteiger partial charge in [-0.15, -0.1) is 0 Å². The van der Waals surface area contributed by atoms with E-state index in [4.69, 9.17) is 4.74 Å². The Kier molecular flexibility index (Phi) is 6.04. The Labute approximate surface area is 162 Å². The molecule has 1 aliphatic rings. The first-order valence-corrected chi connectivity index (χ1v) is 10.0. The summed E-state index contributed by atoms with van der Waals surface area (Å²) in [6.07, 6.45) is 4.68. The number of ether oxygens (including phenoxy) is 1. The van der Waals surface area contributed by atoms with Crippen molar-refractivity contribution in [2.45, 2.75) is 52.1 Å². The van der Waals surface area contributed by atoms with Crippen molar-refractivity contribution in [3.05, 3.63) is 59.7 Å². The summed E-state index contributed by atoms with van der Waals surface area (Å²) in [5, 5.41) is 3.60. The molecule has 0 saturated heterocycles. The first kappa shape index (κ1) is 19.3. The molecule has 0 fully saturated rings.